The van der Waals surface area contributed by atoms with Gasteiger partial charge in [0, 0.05) is 16.0 Å². The highest BCUT2D eigenvalue weighted by molar-refractivity contribution is 7.33. The van der Waals surface area contributed by atoms with Crippen LogP contribution in [0.4, 0.5) is 0 Å². The molecule has 5 aliphatic rings. The van der Waals surface area contributed by atoms with Crippen LogP contribution >= 0.6 is 8.25 Å². The van der Waals surface area contributed by atoms with E-state index in [0.29, 0.717) is 30.1 Å². The zero-order valence-corrected chi connectivity index (χ0v) is 15.3. The molecule has 6 heteroatoms. The van der Waals surface area contributed by atoms with Crippen molar-refractivity contribution in [3.05, 3.63) is 29.8 Å². The second-order valence-corrected chi connectivity index (χ2v) is 9.18. The molecule has 2 unspecified atom stereocenters. The average Bonchev–Trinajstić information content (AvgIpc) is 2.56. The Kier molecular flexibility index (Phi) is 3.90. The zero-order chi connectivity index (χ0) is 17.0. The van der Waals surface area contributed by atoms with E-state index in [1.165, 1.54) is 39.2 Å². The summed E-state index contributed by atoms with van der Waals surface area (Å²) in [5.41, 5.74) is 0.488. The molecule has 1 saturated heterocycles. The highest BCUT2D eigenvalue weighted by Gasteiger charge is 2.62. The van der Waals surface area contributed by atoms with E-state index in [1.807, 2.05) is 24.3 Å². The fraction of sp³-hybridized carbons (Fsp3) is 0.684. The van der Waals surface area contributed by atoms with E-state index < -0.39 is 13.9 Å². The minimum atomic E-state index is -2.17. The number of rotatable bonds is 5. The predicted molar refractivity (Wildman–Crippen MR) is 90.9 cm³/mol. The Morgan fingerprint density at radius 2 is 1.72 bits per heavy atom. The molecule has 0 spiro atoms. The van der Waals surface area contributed by atoms with Crippen molar-refractivity contribution < 1.29 is 23.4 Å². The minimum Gasteiger partial charge on any atom is -0.232 e. The van der Waals surface area contributed by atoms with E-state index >= 15 is 0 Å². The monoisotopic (exact) mass is 363 g/mol. The lowest BCUT2D eigenvalue weighted by Gasteiger charge is -2.60. The smallest absolute Gasteiger partial charge is 0.232 e. The Balaban J connectivity index is 1.52. The van der Waals surface area contributed by atoms with Crippen molar-refractivity contribution in [1.82, 2.24) is 0 Å². The van der Waals surface area contributed by atoms with Crippen LogP contribution in [0.5, 0.6) is 5.75 Å². The van der Waals surface area contributed by atoms with Crippen molar-refractivity contribution in [2.75, 3.05) is 13.7 Å². The molecule has 134 valence electrons. The van der Waals surface area contributed by atoms with Gasteiger partial charge in [-0.05, 0) is 61.8 Å². The number of hydrogen-bond donors (Lipinski definition) is 0. The molecular formula is C19H24O5P+. The maximum Gasteiger partial charge on any atom is 0.749 e. The van der Waals surface area contributed by atoms with Gasteiger partial charge in [-0.1, -0.05) is 18.2 Å². The van der Waals surface area contributed by atoms with Crippen LogP contribution in [0.2, 0.25) is 0 Å². The zero-order valence-electron chi connectivity index (χ0n) is 14.4. The van der Waals surface area contributed by atoms with Gasteiger partial charge >= 0.3 is 8.25 Å². The second kappa shape index (κ2) is 6.02. The van der Waals surface area contributed by atoms with Crippen LogP contribution in [-0.4, -0.2) is 13.7 Å². The minimum absolute atomic E-state index is 0.458. The summed E-state index contributed by atoms with van der Waals surface area (Å²) < 4.78 is 22.2. The van der Waals surface area contributed by atoms with Gasteiger partial charge in [0.25, 0.3) is 0 Å². The molecule has 6 rings (SSSR count). The Morgan fingerprint density at radius 3 is 2.28 bits per heavy atom. The Labute approximate surface area is 148 Å². The van der Waals surface area contributed by atoms with E-state index in [4.69, 9.17) is 18.8 Å². The molecule has 0 radical (unpaired) electrons. The summed E-state index contributed by atoms with van der Waals surface area (Å²) >= 11 is 0. The number of benzene rings is 1. The van der Waals surface area contributed by atoms with E-state index in [1.54, 1.807) is 0 Å². The van der Waals surface area contributed by atoms with Crippen LogP contribution in [0.3, 0.4) is 0 Å². The van der Waals surface area contributed by atoms with Crippen molar-refractivity contribution in [3.8, 4) is 5.75 Å². The third-order valence-corrected chi connectivity index (χ3v) is 7.56. The van der Waals surface area contributed by atoms with Crippen molar-refractivity contribution in [2.45, 2.75) is 37.7 Å². The SMILES string of the molecule is CO[P+](=O)Oc1ccccc1C1(C2C3CC4CC(C3)CC2C4)COO1. The lowest BCUT2D eigenvalue weighted by molar-refractivity contribution is -0.502. The van der Waals surface area contributed by atoms with Gasteiger partial charge in [-0.2, -0.15) is 0 Å². The summed E-state index contributed by atoms with van der Waals surface area (Å²) in [6.07, 6.45) is 6.70. The topological polar surface area (TPSA) is 54.0 Å². The van der Waals surface area contributed by atoms with E-state index in [2.05, 4.69) is 0 Å². The maximum absolute atomic E-state index is 11.8. The van der Waals surface area contributed by atoms with Gasteiger partial charge < -0.3 is 0 Å². The molecule has 4 saturated carbocycles. The third kappa shape index (κ3) is 2.48. The summed E-state index contributed by atoms with van der Waals surface area (Å²) in [5, 5.41) is 0. The lowest BCUT2D eigenvalue weighted by atomic mass is 9.48. The molecule has 0 amide bonds. The Morgan fingerprint density at radius 1 is 1.08 bits per heavy atom. The van der Waals surface area contributed by atoms with E-state index in [9.17, 15) is 4.57 Å². The largest absolute Gasteiger partial charge is 0.749 e. The summed E-state index contributed by atoms with van der Waals surface area (Å²) in [6, 6.07) is 7.76. The molecule has 25 heavy (non-hydrogen) atoms. The predicted octanol–water partition coefficient (Wildman–Crippen LogP) is 4.60. The number of para-hydroxylation sites is 1. The summed E-state index contributed by atoms with van der Waals surface area (Å²) in [4.78, 5) is 11.1. The molecule has 1 aromatic carbocycles. The fourth-order valence-electron chi connectivity index (χ4n) is 6.34. The van der Waals surface area contributed by atoms with Crippen molar-refractivity contribution in [3.63, 3.8) is 0 Å². The van der Waals surface area contributed by atoms with Gasteiger partial charge in [-0.25, -0.2) is 14.3 Å². The molecule has 5 nitrogen and oxygen atoms in total. The normalized spacial score (nSPS) is 42.1. The molecule has 4 bridgehead atoms. The van der Waals surface area contributed by atoms with Crippen LogP contribution < -0.4 is 4.52 Å². The van der Waals surface area contributed by atoms with Crippen LogP contribution in [0.15, 0.2) is 24.3 Å². The van der Waals surface area contributed by atoms with Gasteiger partial charge in [0.05, 0.1) is 7.11 Å². The molecule has 2 atom stereocenters. The van der Waals surface area contributed by atoms with Crippen molar-refractivity contribution >= 4 is 8.25 Å². The molecule has 1 heterocycles. The van der Waals surface area contributed by atoms with Crippen molar-refractivity contribution in [2.24, 2.45) is 29.6 Å². The molecule has 0 aromatic heterocycles. The van der Waals surface area contributed by atoms with E-state index in [-0.39, 0.29) is 0 Å². The molecule has 1 aromatic rings. The highest BCUT2D eigenvalue weighted by atomic mass is 31.1. The standard InChI is InChI=1S/C19H24O5P/c1-21-25(20)23-17-5-3-2-4-16(17)19(11-22-24-19)18-14-7-12-6-13(9-14)10-15(18)8-12/h2-5,12-15,18H,6-11H2,1H3/q+1. The summed E-state index contributed by atoms with van der Waals surface area (Å²) in [6.45, 7) is 0.546. The van der Waals surface area contributed by atoms with Crippen LogP contribution in [0.25, 0.3) is 0 Å². The van der Waals surface area contributed by atoms with Gasteiger partial charge in [0.1, 0.15) is 6.61 Å². The van der Waals surface area contributed by atoms with Gasteiger partial charge in [0.15, 0.2) is 11.4 Å². The van der Waals surface area contributed by atoms with Crippen LogP contribution in [-0.2, 0) is 24.5 Å². The number of hydrogen-bond acceptors (Lipinski definition) is 5. The summed E-state index contributed by atoms with van der Waals surface area (Å²) in [7, 11) is -0.788. The molecular weight excluding hydrogens is 339 g/mol. The fourth-order valence-corrected chi connectivity index (χ4v) is 6.73. The third-order valence-electron chi connectivity index (χ3n) is 6.91. The molecule has 4 aliphatic carbocycles. The Hall–Kier alpha value is -1.00. The van der Waals surface area contributed by atoms with Crippen LogP contribution in [0, 0.1) is 29.6 Å². The first-order valence-corrected chi connectivity index (χ1v) is 10.4. The van der Waals surface area contributed by atoms with Gasteiger partial charge in [0.2, 0.25) is 0 Å². The molecule has 0 N–H and O–H groups in total. The van der Waals surface area contributed by atoms with Gasteiger partial charge in [-0.3, -0.25) is 0 Å². The quantitative estimate of drug-likeness (QED) is 0.565. The second-order valence-electron chi connectivity index (χ2n) is 8.19. The first kappa shape index (κ1) is 16.2. The van der Waals surface area contributed by atoms with Crippen molar-refractivity contribution in [1.29, 1.82) is 0 Å². The Bertz CT molecular complexity index is 658. The average molecular weight is 363 g/mol. The molecule has 5 fully saturated rings. The first-order chi connectivity index (χ1) is 12.2. The van der Waals surface area contributed by atoms with Crippen LogP contribution in [0.1, 0.15) is 37.7 Å². The highest BCUT2D eigenvalue weighted by Crippen LogP contribution is 2.63. The molecule has 1 aliphatic heterocycles. The first-order valence-electron chi connectivity index (χ1n) is 9.29. The lowest BCUT2D eigenvalue weighted by Crippen LogP contribution is -2.60. The maximum atomic E-state index is 11.8. The van der Waals surface area contributed by atoms with Gasteiger partial charge in [-0.15, -0.1) is 4.52 Å². The van der Waals surface area contributed by atoms with E-state index in [0.717, 1.165) is 17.4 Å². The summed E-state index contributed by atoms with van der Waals surface area (Å²) in [5.74, 6) is 4.26.